The van der Waals surface area contributed by atoms with Crippen LogP contribution < -0.4 is 10.6 Å². The maximum atomic E-state index is 11.5. The minimum atomic E-state index is -3.01. The van der Waals surface area contributed by atoms with Crippen LogP contribution in [0, 0.1) is 0 Å². The largest absolute Gasteiger partial charge is 0.357 e. The highest BCUT2D eigenvalue weighted by molar-refractivity contribution is 7.92. The van der Waals surface area contributed by atoms with Crippen LogP contribution in [0.15, 0.2) is 0 Å². The molecule has 116 valence electrons. The lowest BCUT2D eigenvalue weighted by molar-refractivity contribution is 0.432. The molecule has 0 amide bonds. The molecular weight excluding hydrogens is 320 g/mol. The zero-order valence-corrected chi connectivity index (χ0v) is 14.0. The van der Waals surface area contributed by atoms with E-state index in [0.29, 0.717) is 18.0 Å². The standard InChI is InChI=1S/C11H20N2O4S3/c1-10(3-5-19(14,15)7-10)12-9(18)13-11(2)4-6-20(16,17)8-11/h3-8H2,1-2H3,(H2,12,13,18)/t10-,11-/m1/s1. The second-order valence-corrected chi connectivity index (χ2v) is 11.2. The average molecular weight is 340 g/mol. The van der Waals surface area contributed by atoms with Crippen LogP contribution in [0.3, 0.4) is 0 Å². The van der Waals surface area contributed by atoms with Crippen LogP contribution >= 0.6 is 12.2 Å². The molecule has 0 aliphatic carbocycles. The Morgan fingerprint density at radius 2 is 1.25 bits per heavy atom. The summed E-state index contributed by atoms with van der Waals surface area (Å²) in [5, 5.41) is 6.40. The molecule has 0 aromatic rings. The van der Waals surface area contributed by atoms with Gasteiger partial charge in [-0.15, -0.1) is 0 Å². The van der Waals surface area contributed by atoms with Crippen molar-refractivity contribution in [3.05, 3.63) is 0 Å². The smallest absolute Gasteiger partial charge is 0.167 e. The van der Waals surface area contributed by atoms with Crippen molar-refractivity contribution in [1.82, 2.24) is 10.6 Å². The van der Waals surface area contributed by atoms with Crippen LogP contribution in [0.25, 0.3) is 0 Å². The average Bonchev–Trinajstić information content (AvgIpc) is 2.62. The molecule has 2 fully saturated rings. The lowest BCUT2D eigenvalue weighted by Gasteiger charge is -2.31. The second kappa shape index (κ2) is 4.81. The number of thiocarbonyl (C=S) groups is 1. The molecule has 0 aromatic heterocycles. The van der Waals surface area contributed by atoms with Gasteiger partial charge >= 0.3 is 0 Å². The Balaban J connectivity index is 1.97. The van der Waals surface area contributed by atoms with Gasteiger partial charge in [-0.1, -0.05) is 0 Å². The van der Waals surface area contributed by atoms with Gasteiger partial charge < -0.3 is 10.6 Å². The van der Waals surface area contributed by atoms with E-state index in [2.05, 4.69) is 10.6 Å². The van der Waals surface area contributed by atoms with Crippen LogP contribution in [0.1, 0.15) is 26.7 Å². The van der Waals surface area contributed by atoms with E-state index in [1.165, 1.54) is 0 Å². The van der Waals surface area contributed by atoms with Gasteiger partial charge in [0, 0.05) is 0 Å². The molecule has 0 unspecified atom stereocenters. The maximum absolute atomic E-state index is 11.5. The highest BCUT2D eigenvalue weighted by Crippen LogP contribution is 2.25. The predicted molar refractivity (Wildman–Crippen MR) is 82.2 cm³/mol. The third-order valence-corrected chi connectivity index (χ3v) is 7.85. The second-order valence-electron chi connectivity index (χ2n) is 6.38. The predicted octanol–water partition coefficient (Wildman–Crippen LogP) is -0.395. The first-order chi connectivity index (χ1) is 8.93. The van der Waals surface area contributed by atoms with Gasteiger partial charge in [0.1, 0.15) is 0 Å². The molecule has 2 saturated heterocycles. The van der Waals surface area contributed by atoms with E-state index in [1.54, 1.807) is 0 Å². The molecule has 0 saturated carbocycles. The zero-order valence-electron chi connectivity index (χ0n) is 11.6. The Kier molecular flexibility index (Phi) is 3.84. The van der Waals surface area contributed by atoms with Crippen molar-refractivity contribution in [2.45, 2.75) is 37.8 Å². The quantitative estimate of drug-likeness (QED) is 0.661. The Bertz CT molecular complexity index is 574. The maximum Gasteiger partial charge on any atom is 0.167 e. The summed E-state index contributed by atoms with van der Waals surface area (Å²) in [5.74, 6) is 0.420. The third kappa shape index (κ3) is 3.82. The minimum Gasteiger partial charge on any atom is -0.357 e. The Morgan fingerprint density at radius 1 is 0.900 bits per heavy atom. The highest BCUT2D eigenvalue weighted by Gasteiger charge is 2.42. The highest BCUT2D eigenvalue weighted by atomic mass is 32.2. The fraction of sp³-hybridized carbons (Fsp3) is 0.909. The van der Waals surface area contributed by atoms with Gasteiger partial charge in [0.25, 0.3) is 0 Å². The summed E-state index contributed by atoms with van der Waals surface area (Å²) >= 11 is 5.21. The summed E-state index contributed by atoms with van der Waals surface area (Å²) in [4.78, 5) is 0. The summed E-state index contributed by atoms with van der Waals surface area (Å²) in [6.45, 7) is 3.64. The monoisotopic (exact) mass is 340 g/mol. The van der Waals surface area contributed by atoms with Crippen LogP contribution in [0.5, 0.6) is 0 Å². The Labute approximate surface area is 125 Å². The van der Waals surface area contributed by atoms with Crippen molar-refractivity contribution >= 4 is 37.0 Å². The first-order valence-electron chi connectivity index (χ1n) is 6.44. The van der Waals surface area contributed by atoms with Gasteiger partial charge in [0.05, 0.1) is 34.1 Å². The molecule has 2 aliphatic rings. The number of rotatable bonds is 2. The van der Waals surface area contributed by atoms with E-state index < -0.39 is 30.8 Å². The summed E-state index contributed by atoms with van der Waals surface area (Å²) in [6.07, 6.45) is 1.01. The van der Waals surface area contributed by atoms with Gasteiger partial charge in [0.2, 0.25) is 0 Å². The normalized spacial score (nSPS) is 38.5. The molecular formula is C11H20N2O4S3. The first-order valence-corrected chi connectivity index (χ1v) is 10.5. The molecule has 2 heterocycles. The van der Waals surface area contributed by atoms with Crippen LogP contribution in [0.4, 0.5) is 0 Å². The number of hydrogen-bond acceptors (Lipinski definition) is 5. The van der Waals surface area contributed by atoms with E-state index in [4.69, 9.17) is 12.2 Å². The lowest BCUT2D eigenvalue weighted by Crippen LogP contribution is -2.57. The molecule has 9 heteroatoms. The fourth-order valence-electron chi connectivity index (χ4n) is 2.80. The molecule has 2 atom stereocenters. The van der Waals surface area contributed by atoms with Crippen molar-refractivity contribution in [3.63, 3.8) is 0 Å². The third-order valence-electron chi connectivity index (χ3n) is 3.84. The number of nitrogens with one attached hydrogen (secondary N) is 2. The van der Waals surface area contributed by atoms with E-state index in [-0.39, 0.29) is 23.0 Å². The number of sulfone groups is 2. The molecule has 2 aliphatic heterocycles. The SMILES string of the molecule is C[C@@]1(NC(=S)N[C@]2(C)CCS(=O)(=O)C2)CCS(=O)(=O)C1. The van der Waals surface area contributed by atoms with E-state index in [1.807, 2.05) is 13.8 Å². The van der Waals surface area contributed by atoms with E-state index in [9.17, 15) is 16.8 Å². The Morgan fingerprint density at radius 3 is 1.50 bits per heavy atom. The topological polar surface area (TPSA) is 92.3 Å². The molecule has 2 N–H and O–H groups in total. The molecule has 0 bridgehead atoms. The van der Waals surface area contributed by atoms with Gasteiger partial charge in [-0.2, -0.15) is 0 Å². The molecule has 2 rings (SSSR count). The molecule has 0 aromatic carbocycles. The van der Waals surface area contributed by atoms with Crippen molar-refractivity contribution < 1.29 is 16.8 Å². The van der Waals surface area contributed by atoms with Crippen LogP contribution in [0.2, 0.25) is 0 Å². The number of hydrogen-bond donors (Lipinski definition) is 2. The summed E-state index contributed by atoms with van der Waals surface area (Å²) < 4.78 is 46.1. The first kappa shape index (κ1) is 16.0. The fourth-order valence-corrected chi connectivity index (χ4v) is 7.48. The van der Waals surface area contributed by atoms with Gasteiger partial charge in [-0.3, -0.25) is 0 Å². The Hall–Kier alpha value is -0.410. The van der Waals surface area contributed by atoms with Gasteiger partial charge in [-0.25, -0.2) is 16.8 Å². The van der Waals surface area contributed by atoms with Gasteiger partial charge in [0.15, 0.2) is 24.8 Å². The minimum absolute atomic E-state index is 0.0524. The molecule has 6 nitrogen and oxygen atoms in total. The molecule has 20 heavy (non-hydrogen) atoms. The van der Waals surface area contributed by atoms with Crippen molar-refractivity contribution in [1.29, 1.82) is 0 Å². The zero-order chi connectivity index (χ0) is 15.2. The summed E-state index contributed by atoms with van der Waals surface area (Å²) in [5.41, 5.74) is -1.15. The lowest BCUT2D eigenvalue weighted by atomic mass is 10.0. The molecule has 0 radical (unpaired) electrons. The van der Waals surface area contributed by atoms with Crippen molar-refractivity contribution in [3.8, 4) is 0 Å². The van der Waals surface area contributed by atoms with Crippen molar-refractivity contribution in [2.24, 2.45) is 0 Å². The van der Waals surface area contributed by atoms with Gasteiger partial charge in [-0.05, 0) is 38.9 Å². The van der Waals surface area contributed by atoms with E-state index >= 15 is 0 Å². The van der Waals surface area contributed by atoms with E-state index in [0.717, 1.165) is 0 Å². The van der Waals surface area contributed by atoms with Crippen LogP contribution in [-0.4, -0.2) is 56.0 Å². The van der Waals surface area contributed by atoms with Crippen molar-refractivity contribution in [2.75, 3.05) is 23.0 Å². The van der Waals surface area contributed by atoms with Crippen LogP contribution in [-0.2, 0) is 19.7 Å². The molecule has 0 spiro atoms. The summed E-state index contributed by atoms with van der Waals surface area (Å²) in [7, 11) is -6.01. The summed E-state index contributed by atoms with van der Waals surface area (Å²) in [6, 6.07) is 0.